The predicted octanol–water partition coefficient (Wildman–Crippen LogP) is -0.0635. The van der Waals surface area contributed by atoms with E-state index in [1.54, 1.807) is 34.6 Å². The molecule has 7 N–H and O–H groups in total. The lowest BCUT2D eigenvalue weighted by Gasteiger charge is -2.31. The number of esters is 1. The highest BCUT2D eigenvalue weighted by atomic mass is 16.6. The molecule has 33 heavy (non-hydrogen) atoms. The fourth-order valence-electron chi connectivity index (χ4n) is 2.93. The highest BCUT2D eigenvalue weighted by Gasteiger charge is 2.34. The number of hydrogen-bond acceptors (Lipinski definition) is 7. The van der Waals surface area contributed by atoms with Gasteiger partial charge in [0.25, 0.3) is 0 Å². The van der Waals surface area contributed by atoms with Crippen molar-refractivity contribution in [3.05, 3.63) is 0 Å². The molecule has 0 saturated heterocycles. The molecule has 0 aliphatic rings. The molecule has 0 rings (SSSR count). The van der Waals surface area contributed by atoms with Crippen molar-refractivity contribution in [1.29, 1.82) is 0 Å². The zero-order valence-corrected chi connectivity index (χ0v) is 20.3. The maximum absolute atomic E-state index is 13.0. The number of hydrogen-bond donors (Lipinski definition) is 5. The fourth-order valence-corrected chi connectivity index (χ4v) is 2.93. The van der Waals surface area contributed by atoms with Crippen molar-refractivity contribution in [1.82, 2.24) is 15.5 Å². The van der Waals surface area contributed by atoms with E-state index in [0.717, 1.165) is 4.90 Å². The van der Waals surface area contributed by atoms with Crippen molar-refractivity contribution >= 4 is 29.8 Å². The number of carboxylic acid groups (broad SMARTS) is 1. The number of carboxylic acids is 1. The molecule has 0 aromatic heterocycles. The molecule has 0 aliphatic carbocycles. The third-order valence-corrected chi connectivity index (χ3v) is 4.70. The lowest BCUT2D eigenvalue weighted by atomic mass is 10.00. The topological polar surface area (TPSA) is 194 Å². The quantitative estimate of drug-likeness (QED) is 0.181. The Morgan fingerprint density at radius 3 is 2.12 bits per heavy atom. The Morgan fingerprint density at radius 2 is 1.67 bits per heavy atom. The number of aliphatic carboxylic acids is 1. The monoisotopic (exact) mass is 473 g/mol. The Balaban J connectivity index is 5.06. The largest absolute Gasteiger partial charge is 0.480 e. The first kappa shape index (κ1) is 30.1. The maximum atomic E-state index is 13.0. The molecule has 0 aliphatic heterocycles. The summed E-state index contributed by atoms with van der Waals surface area (Å²) in [6, 6.07) is -3.95. The van der Waals surface area contributed by atoms with Crippen LogP contribution in [0.25, 0.3) is 0 Å². The van der Waals surface area contributed by atoms with Crippen molar-refractivity contribution in [3.63, 3.8) is 0 Å². The Bertz CT molecular complexity index is 706. The molecule has 0 heterocycles. The first-order valence-electron chi connectivity index (χ1n) is 10.9. The Kier molecular flexibility index (Phi) is 12.4. The third kappa shape index (κ3) is 12.1. The summed E-state index contributed by atoms with van der Waals surface area (Å²) in [5.41, 5.74) is 10.2. The summed E-state index contributed by atoms with van der Waals surface area (Å²) >= 11 is 0. The number of urea groups is 1. The van der Waals surface area contributed by atoms with E-state index in [4.69, 9.17) is 16.2 Å². The Hall–Kier alpha value is -2.89. The number of carbonyl (C=O) groups excluding carboxylic acids is 4. The molecule has 0 saturated carbocycles. The van der Waals surface area contributed by atoms with Crippen molar-refractivity contribution < 1.29 is 33.8 Å². The molecule has 0 fully saturated rings. The fraction of sp³-hybridized carbons (Fsp3) is 0.762. The normalized spacial score (nSPS) is 14.1. The van der Waals surface area contributed by atoms with Crippen LogP contribution in [0, 0.1) is 5.92 Å². The van der Waals surface area contributed by atoms with Gasteiger partial charge in [-0.3, -0.25) is 14.4 Å². The van der Waals surface area contributed by atoms with E-state index < -0.39 is 53.5 Å². The first-order valence-corrected chi connectivity index (χ1v) is 10.9. The molecule has 0 radical (unpaired) electrons. The van der Waals surface area contributed by atoms with Gasteiger partial charge in [-0.2, -0.15) is 0 Å². The first-order chi connectivity index (χ1) is 15.1. The number of rotatable bonds is 13. The summed E-state index contributed by atoms with van der Waals surface area (Å²) in [6.45, 7) is 8.76. The van der Waals surface area contributed by atoms with Crippen molar-refractivity contribution in [2.24, 2.45) is 17.4 Å². The minimum absolute atomic E-state index is 0.0280. The van der Waals surface area contributed by atoms with E-state index in [-0.39, 0.29) is 38.1 Å². The average molecular weight is 474 g/mol. The molecule has 0 aromatic rings. The molecule has 3 atom stereocenters. The third-order valence-electron chi connectivity index (χ3n) is 4.70. The lowest BCUT2D eigenvalue weighted by Crippen LogP contribution is -2.56. The smallest absolute Gasteiger partial charge is 0.326 e. The van der Waals surface area contributed by atoms with Crippen LogP contribution in [0.3, 0.4) is 0 Å². The molecule has 12 heteroatoms. The highest BCUT2D eigenvalue weighted by Crippen LogP contribution is 2.13. The van der Waals surface area contributed by atoms with E-state index in [0.29, 0.717) is 0 Å². The van der Waals surface area contributed by atoms with Crippen LogP contribution in [0.4, 0.5) is 4.79 Å². The van der Waals surface area contributed by atoms with Gasteiger partial charge in [-0.25, -0.2) is 9.59 Å². The van der Waals surface area contributed by atoms with Crippen LogP contribution < -0.4 is 22.1 Å². The van der Waals surface area contributed by atoms with Gasteiger partial charge in [0.15, 0.2) is 0 Å². The van der Waals surface area contributed by atoms with E-state index in [2.05, 4.69) is 10.6 Å². The van der Waals surface area contributed by atoms with Gasteiger partial charge in [0.1, 0.15) is 17.7 Å². The second-order valence-electron chi connectivity index (χ2n) is 9.20. The standard InChI is InChI=1S/C21H39N5O7/c1-12(2)16(25-17(28)13(22)9-10-15(27)33-21(3,4)5)18(29)26(6)14(19(30)31)8-7-11-24-20(23)32/h12-14,16H,7-11,22H2,1-6H3,(H,25,28)(H,30,31)(H3,23,24,32)/t13-,14-,16-/m0/s1. The van der Waals surface area contributed by atoms with Crippen LogP contribution in [0.2, 0.25) is 0 Å². The minimum atomic E-state index is -1.21. The summed E-state index contributed by atoms with van der Waals surface area (Å²) in [7, 11) is 1.34. The minimum Gasteiger partial charge on any atom is -0.480 e. The average Bonchev–Trinajstić information content (AvgIpc) is 2.66. The van der Waals surface area contributed by atoms with Gasteiger partial charge in [-0.15, -0.1) is 0 Å². The van der Waals surface area contributed by atoms with Gasteiger partial charge < -0.3 is 36.8 Å². The van der Waals surface area contributed by atoms with Gasteiger partial charge in [0.2, 0.25) is 11.8 Å². The molecule has 0 bridgehead atoms. The molecule has 4 amide bonds. The van der Waals surface area contributed by atoms with Crippen LogP contribution in [0.15, 0.2) is 0 Å². The van der Waals surface area contributed by atoms with Crippen LogP contribution >= 0.6 is 0 Å². The molecule has 0 unspecified atom stereocenters. The van der Waals surface area contributed by atoms with Crippen LogP contribution in [-0.2, 0) is 23.9 Å². The number of nitrogens with two attached hydrogens (primary N) is 2. The summed E-state index contributed by atoms with van der Waals surface area (Å²) in [5.74, 6) is -3.28. The lowest BCUT2D eigenvalue weighted by molar-refractivity contribution is -0.155. The van der Waals surface area contributed by atoms with E-state index in [1.807, 2.05) is 0 Å². The molecule has 190 valence electrons. The number of primary amides is 1. The zero-order valence-electron chi connectivity index (χ0n) is 20.3. The number of ether oxygens (including phenoxy) is 1. The van der Waals surface area contributed by atoms with Gasteiger partial charge in [0, 0.05) is 20.0 Å². The molecular weight excluding hydrogens is 434 g/mol. The van der Waals surface area contributed by atoms with Crippen LogP contribution in [0.1, 0.15) is 60.3 Å². The maximum Gasteiger partial charge on any atom is 0.326 e. The molecule has 0 spiro atoms. The van der Waals surface area contributed by atoms with Gasteiger partial charge in [0.05, 0.1) is 6.04 Å². The highest BCUT2D eigenvalue weighted by molar-refractivity contribution is 5.92. The van der Waals surface area contributed by atoms with Crippen molar-refractivity contribution in [2.75, 3.05) is 13.6 Å². The van der Waals surface area contributed by atoms with Crippen LogP contribution in [-0.4, -0.2) is 77.1 Å². The number of carbonyl (C=O) groups is 5. The van der Waals surface area contributed by atoms with E-state index >= 15 is 0 Å². The summed E-state index contributed by atoms with van der Waals surface area (Å²) in [5, 5.41) is 14.5. The summed E-state index contributed by atoms with van der Waals surface area (Å²) in [4.78, 5) is 60.9. The molecular formula is C21H39N5O7. The van der Waals surface area contributed by atoms with Gasteiger partial charge in [-0.05, 0) is 46.0 Å². The van der Waals surface area contributed by atoms with Gasteiger partial charge in [-0.1, -0.05) is 13.8 Å². The van der Waals surface area contributed by atoms with Gasteiger partial charge >= 0.3 is 18.0 Å². The Labute approximate surface area is 194 Å². The summed E-state index contributed by atoms with van der Waals surface area (Å²) in [6.07, 6.45) is 0.324. The second-order valence-corrected chi connectivity index (χ2v) is 9.20. The number of nitrogens with zero attached hydrogens (tertiary/aromatic N) is 1. The van der Waals surface area contributed by atoms with Crippen molar-refractivity contribution in [3.8, 4) is 0 Å². The molecule has 0 aromatic carbocycles. The van der Waals surface area contributed by atoms with Crippen LogP contribution in [0.5, 0.6) is 0 Å². The zero-order chi connectivity index (χ0) is 25.9. The Morgan fingerprint density at radius 1 is 1.09 bits per heavy atom. The number of amides is 4. The number of likely N-dealkylation sites (N-methyl/N-ethyl adjacent to an activating group) is 1. The van der Waals surface area contributed by atoms with E-state index in [9.17, 15) is 29.1 Å². The number of nitrogens with one attached hydrogen (secondary N) is 2. The summed E-state index contributed by atoms with van der Waals surface area (Å²) < 4.78 is 5.19. The van der Waals surface area contributed by atoms with Crippen molar-refractivity contribution in [2.45, 2.75) is 84.0 Å². The molecule has 12 nitrogen and oxygen atoms in total. The van der Waals surface area contributed by atoms with E-state index in [1.165, 1.54) is 7.05 Å². The predicted molar refractivity (Wildman–Crippen MR) is 121 cm³/mol. The SMILES string of the molecule is CC(C)[C@H](NC(=O)[C@@H](N)CCC(=O)OC(C)(C)C)C(=O)N(C)[C@@H](CCCNC(N)=O)C(=O)O. The second kappa shape index (κ2) is 13.6.